The van der Waals surface area contributed by atoms with E-state index in [0.717, 1.165) is 0 Å². The molecular weight excluding hydrogens is 228 g/mol. The fourth-order valence-electron chi connectivity index (χ4n) is 1.44. The van der Waals surface area contributed by atoms with Crippen molar-refractivity contribution in [2.75, 3.05) is 11.1 Å². The van der Waals surface area contributed by atoms with Crippen LogP contribution in [-0.2, 0) is 0 Å². The van der Waals surface area contributed by atoms with Gasteiger partial charge in [0.05, 0.1) is 29.2 Å². The van der Waals surface area contributed by atoms with Crippen LogP contribution in [0.1, 0.15) is 15.9 Å². The Morgan fingerprint density at radius 2 is 2.22 bits per heavy atom. The zero-order valence-electron chi connectivity index (χ0n) is 9.42. The molecule has 0 aliphatic heterocycles. The van der Waals surface area contributed by atoms with Gasteiger partial charge in [-0.2, -0.15) is 5.26 Å². The molecule has 0 unspecified atom stereocenters. The number of nitrogens with two attached hydrogens (primary N) is 1. The van der Waals surface area contributed by atoms with Crippen LogP contribution in [0.3, 0.4) is 0 Å². The van der Waals surface area contributed by atoms with Crippen molar-refractivity contribution in [1.29, 1.82) is 5.26 Å². The SMILES string of the molecule is N#Cc1cccc(C(=O)Nc2ccncc2N)c1. The molecule has 0 aliphatic carbocycles. The van der Waals surface area contributed by atoms with Crippen LogP contribution in [0.5, 0.6) is 0 Å². The Balaban J connectivity index is 2.23. The van der Waals surface area contributed by atoms with Crippen molar-refractivity contribution in [2.45, 2.75) is 0 Å². The van der Waals surface area contributed by atoms with E-state index < -0.39 is 0 Å². The third-order valence-electron chi connectivity index (χ3n) is 2.35. The number of hydrogen-bond acceptors (Lipinski definition) is 4. The number of rotatable bonds is 2. The Morgan fingerprint density at radius 1 is 1.39 bits per heavy atom. The Labute approximate surface area is 104 Å². The summed E-state index contributed by atoms with van der Waals surface area (Å²) in [5.74, 6) is -0.315. The van der Waals surface area contributed by atoms with E-state index in [9.17, 15) is 4.79 Å². The highest BCUT2D eigenvalue weighted by atomic mass is 16.1. The van der Waals surface area contributed by atoms with Crippen molar-refractivity contribution in [3.8, 4) is 6.07 Å². The first kappa shape index (κ1) is 11.6. The van der Waals surface area contributed by atoms with E-state index in [0.29, 0.717) is 22.5 Å². The average Bonchev–Trinajstić information content (AvgIpc) is 2.41. The van der Waals surface area contributed by atoms with Gasteiger partial charge in [0.25, 0.3) is 5.91 Å². The molecule has 0 bridgehead atoms. The van der Waals surface area contributed by atoms with Gasteiger partial charge in [-0.1, -0.05) is 6.07 Å². The summed E-state index contributed by atoms with van der Waals surface area (Å²) in [5, 5.41) is 11.4. The lowest BCUT2D eigenvalue weighted by atomic mass is 10.1. The van der Waals surface area contributed by atoms with Crippen LogP contribution in [0.2, 0.25) is 0 Å². The Morgan fingerprint density at radius 3 is 2.94 bits per heavy atom. The first-order valence-corrected chi connectivity index (χ1v) is 5.21. The highest BCUT2D eigenvalue weighted by molar-refractivity contribution is 6.05. The topological polar surface area (TPSA) is 91.8 Å². The minimum Gasteiger partial charge on any atom is -0.396 e. The normalized spacial score (nSPS) is 9.50. The van der Waals surface area contributed by atoms with Gasteiger partial charge in [0.15, 0.2) is 0 Å². The minimum absolute atomic E-state index is 0.315. The van der Waals surface area contributed by atoms with E-state index in [4.69, 9.17) is 11.0 Å². The van der Waals surface area contributed by atoms with Crippen molar-refractivity contribution >= 4 is 17.3 Å². The maximum absolute atomic E-state index is 11.9. The van der Waals surface area contributed by atoms with E-state index in [2.05, 4.69) is 10.3 Å². The lowest BCUT2D eigenvalue weighted by Gasteiger charge is -2.07. The maximum atomic E-state index is 11.9. The van der Waals surface area contributed by atoms with Gasteiger partial charge in [-0.05, 0) is 24.3 Å². The van der Waals surface area contributed by atoms with Crippen molar-refractivity contribution in [1.82, 2.24) is 4.98 Å². The van der Waals surface area contributed by atoms with Crippen molar-refractivity contribution < 1.29 is 4.79 Å². The van der Waals surface area contributed by atoms with Gasteiger partial charge in [0, 0.05) is 11.8 Å². The minimum atomic E-state index is -0.315. The summed E-state index contributed by atoms with van der Waals surface area (Å²) in [6, 6.07) is 10.0. The summed E-state index contributed by atoms with van der Waals surface area (Å²) in [6.07, 6.45) is 3.00. The number of nitrogens with zero attached hydrogens (tertiary/aromatic N) is 2. The molecule has 2 rings (SSSR count). The van der Waals surface area contributed by atoms with Gasteiger partial charge in [-0.25, -0.2) is 0 Å². The first-order valence-electron chi connectivity index (χ1n) is 5.21. The van der Waals surface area contributed by atoms with E-state index in [-0.39, 0.29) is 5.91 Å². The number of pyridine rings is 1. The average molecular weight is 238 g/mol. The van der Waals surface area contributed by atoms with Gasteiger partial charge >= 0.3 is 0 Å². The summed E-state index contributed by atoms with van der Waals surface area (Å²) >= 11 is 0. The molecule has 1 aromatic carbocycles. The van der Waals surface area contributed by atoms with Crippen LogP contribution in [0, 0.1) is 11.3 Å². The molecular formula is C13H10N4O. The third-order valence-corrected chi connectivity index (χ3v) is 2.35. The van der Waals surface area contributed by atoms with Crippen LogP contribution in [0.15, 0.2) is 42.7 Å². The summed E-state index contributed by atoms with van der Waals surface area (Å²) in [4.78, 5) is 15.8. The van der Waals surface area contributed by atoms with Gasteiger partial charge in [0.2, 0.25) is 0 Å². The molecule has 0 spiro atoms. The van der Waals surface area contributed by atoms with Crippen LogP contribution in [-0.4, -0.2) is 10.9 Å². The lowest BCUT2D eigenvalue weighted by molar-refractivity contribution is 0.102. The number of carbonyl (C=O) groups is 1. The predicted molar refractivity (Wildman–Crippen MR) is 67.8 cm³/mol. The number of hydrogen-bond donors (Lipinski definition) is 2. The zero-order chi connectivity index (χ0) is 13.0. The number of nitrogens with one attached hydrogen (secondary N) is 1. The molecule has 0 fully saturated rings. The molecule has 5 nitrogen and oxygen atoms in total. The molecule has 1 heterocycles. The molecule has 3 N–H and O–H groups in total. The third kappa shape index (κ3) is 2.44. The van der Waals surface area contributed by atoms with Gasteiger partial charge in [0.1, 0.15) is 0 Å². The van der Waals surface area contributed by atoms with Gasteiger partial charge in [-0.3, -0.25) is 9.78 Å². The second-order valence-electron chi connectivity index (χ2n) is 3.61. The summed E-state index contributed by atoms with van der Waals surface area (Å²) in [6.45, 7) is 0. The molecule has 1 aromatic heterocycles. The number of amides is 1. The smallest absolute Gasteiger partial charge is 0.255 e. The highest BCUT2D eigenvalue weighted by Gasteiger charge is 2.08. The molecule has 88 valence electrons. The second kappa shape index (κ2) is 4.97. The second-order valence-corrected chi connectivity index (χ2v) is 3.61. The largest absolute Gasteiger partial charge is 0.396 e. The first-order chi connectivity index (χ1) is 8.70. The molecule has 1 amide bonds. The molecule has 2 aromatic rings. The highest BCUT2D eigenvalue weighted by Crippen LogP contribution is 2.16. The summed E-state index contributed by atoms with van der Waals surface area (Å²) < 4.78 is 0. The van der Waals surface area contributed by atoms with Crippen LogP contribution in [0.25, 0.3) is 0 Å². The molecule has 0 atom stereocenters. The monoisotopic (exact) mass is 238 g/mol. The number of nitrogen functional groups attached to an aromatic ring is 1. The molecule has 5 heteroatoms. The van der Waals surface area contributed by atoms with Gasteiger partial charge < -0.3 is 11.1 Å². The fraction of sp³-hybridized carbons (Fsp3) is 0. The molecule has 0 aliphatic rings. The van der Waals surface area contributed by atoms with E-state index in [1.54, 1.807) is 24.3 Å². The Kier molecular flexibility index (Phi) is 3.21. The standard InChI is InChI=1S/C13H10N4O/c14-7-9-2-1-3-10(6-9)13(18)17-12-4-5-16-8-11(12)15/h1-6,8H,15H2,(H,16,17,18). The molecule has 0 radical (unpaired) electrons. The maximum Gasteiger partial charge on any atom is 0.255 e. The number of carbonyl (C=O) groups excluding carboxylic acids is 1. The predicted octanol–water partition coefficient (Wildman–Crippen LogP) is 1.79. The zero-order valence-corrected chi connectivity index (χ0v) is 9.42. The number of benzene rings is 1. The summed E-state index contributed by atoms with van der Waals surface area (Å²) in [7, 11) is 0. The molecule has 0 saturated carbocycles. The quantitative estimate of drug-likeness (QED) is 0.834. The fourth-order valence-corrected chi connectivity index (χ4v) is 1.44. The van der Waals surface area contributed by atoms with E-state index in [1.807, 2.05) is 6.07 Å². The Hall–Kier alpha value is -2.87. The van der Waals surface area contributed by atoms with Crippen molar-refractivity contribution in [3.05, 3.63) is 53.9 Å². The summed E-state index contributed by atoms with van der Waals surface area (Å²) in [5.41, 5.74) is 7.41. The van der Waals surface area contributed by atoms with Crippen molar-refractivity contribution in [3.63, 3.8) is 0 Å². The van der Waals surface area contributed by atoms with Crippen LogP contribution < -0.4 is 11.1 Å². The van der Waals surface area contributed by atoms with E-state index >= 15 is 0 Å². The molecule has 18 heavy (non-hydrogen) atoms. The Bertz CT molecular complexity index is 631. The number of nitriles is 1. The number of aromatic nitrogens is 1. The lowest BCUT2D eigenvalue weighted by Crippen LogP contribution is -2.13. The van der Waals surface area contributed by atoms with Crippen LogP contribution >= 0.6 is 0 Å². The molecule has 0 saturated heterocycles. The number of anilines is 2. The van der Waals surface area contributed by atoms with Crippen LogP contribution in [0.4, 0.5) is 11.4 Å². The van der Waals surface area contributed by atoms with Crippen molar-refractivity contribution in [2.24, 2.45) is 0 Å². The van der Waals surface area contributed by atoms with E-state index in [1.165, 1.54) is 18.5 Å². The van der Waals surface area contributed by atoms with Gasteiger partial charge in [-0.15, -0.1) is 0 Å².